The highest BCUT2D eigenvalue weighted by atomic mass is 35.5. The molecule has 0 spiro atoms. The minimum Gasteiger partial charge on any atom is -0.137 e. The highest BCUT2D eigenvalue weighted by Crippen LogP contribution is 2.32. The molecule has 0 aliphatic heterocycles. The highest BCUT2D eigenvalue weighted by Gasteiger charge is 2.14. The second-order valence-electron chi connectivity index (χ2n) is 6.62. The van der Waals surface area contributed by atoms with Gasteiger partial charge in [-0.05, 0) is 28.7 Å². The summed E-state index contributed by atoms with van der Waals surface area (Å²) in [6.07, 6.45) is 0. The van der Waals surface area contributed by atoms with Gasteiger partial charge in [0, 0.05) is 16.3 Å². The molecule has 0 fully saturated rings. The van der Waals surface area contributed by atoms with Crippen molar-refractivity contribution < 1.29 is 0 Å². The number of rotatable bonds is 4. The van der Waals surface area contributed by atoms with E-state index in [2.05, 4.69) is 55.2 Å². The molecule has 0 N–H and O–H groups in total. The quantitative estimate of drug-likeness (QED) is 0.491. The van der Waals surface area contributed by atoms with Crippen molar-refractivity contribution in [2.45, 2.75) is 36.3 Å². The fourth-order valence-electron chi connectivity index (χ4n) is 2.22. The lowest BCUT2D eigenvalue weighted by Crippen LogP contribution is -2.10. The fourth-order valence-corrected chi connectivity index (χ4v) is 4.16. The maximum absolute atomic E-state index is 5.91. The Hall–Kier alpha value is -1.36. The molecule has 1 heterocycles. The summed E-state index contributed by atoms with van der Waals surface area (Å²) in [5, 5.41) is 10.4. The number of hydrogen-bond donors (Lipinski definition) is 0. The lowest BCUT2D eigenvalue weighted by atomic mass is 9.87. The lowest BCUT2D eigenvalue weighted by molar-refractivity contribution is 0.590. The van der Waals surface area contributed by atoms with Crippen LogP contribution in [-0.4, -0.2) is 10.2 Å². The average Bonchev–Trinajstić information content (AvgIpc) is 3.03. The zero-order valence-electron chi connectivity index (χ0n) is 13.9. The van der Waals surface area contributed by atoms with E-state index in [1.165, 1.54) is 11.1 Å². The molecule has 0 aliphatic carbocycles. The first-order chi connectivity index (χ1) is 11.4. The monoisotopic (exact) mass is 374 g/mol. The van der Waals surface area contributed by atoms with Crippen LogP contribution >= 0.6 is 34.7 Å². The van der Waals surface area contributed by atoms with Gasteiger partial charge in [0.05, 0.1) is 0 Å². The molecule has 2 aromatic carbocycles. The Morgan fingerprint density at radius 2 is 1.62 bits per heavy atom. The molecule has 2 nitrogen and oxygen atoms in total. The molecule has 0 radical (unpaired) electrons. The third-order valence-electron chi connectivity index (χ3n) is 3.68. The van der Waals surface area contributed by atoms with E-state index < -0.39 is 0 Å². The van der Waals surface area contributed by atoms with Crippen molar-refractivity contribution in [1.29, 1.82) is 0 Å². The molecular weight excluding hydrogens is 356 g/mol. The van der Waals surface area contributed by atoms with E-state index in [1.807, 2.05) is 24.3 Å². The number of halogens is 1. The molecule has 0 amide bonds. The van der Waals surface area contributed by atoms with Crippen LogP contribution in [0.15, 0.2) is 52.9 Å². The average molecular weight is 375 g/mol. The minimum atomic E-state index is 0.166. The van der Waals surface area contributed by atoms with Gasteiger partial charge in [0.1, 0.15) is 5.01 Å². The third-order valence-corrected chi connectivity index (χ3v) is 6.11. The summed E-state index contributed by atoms with van der Waals surface area (Å²) < 4.78 is 0.986. The summed E-state index contributed by atoms with van der Waals surface area (Å²) >= 11 is 9.25. The van der Waals surface area contributed by atoms with Crippen LogP contribution in [0.2, 0.25) is 5.02 Å². The molecule has 3 aromatic rings. The van der Waals surface area contributed by atoms with E-state index in [4.69, 9.17) is 11.6 Å². The third kappa shape index (κ3) is 4.38. The van der Waals surface area contributed by atoms with E-state index in [0.29, 0.717) is 0 Å². The SMILES string of the molecule is CC(C)(C)c1ccc(-c2nnc(SCc3ccc(Cl)cc3)s2)cc1. The van der Waals surface area contributed by atoms with Crippen LogP contribution in [-0.2, 0) is 11.2 Å². The van der Waals surface area contributed by atoms with Gasteiger partial charge in [0.15, 0.2) is 4.34 Å². The number of nitrogens with zero attached hydrogens (tertiary/aromatic N) is 2. The molecule has 0 unspecified atom stereocenters. The summed E-state index contributed by atoms with van der Waals surface area (Å²) in [7, 11) is 0. The van der Waals surface area contributed by atoms with Crippen LogP contribution < -0.4 is 0 Å². The number of thioether (sulfide) groups is 1. The predicted molar refractivity (Wildman–Crippen MR) is 105 cm³/mol. The first-order valence-corrected chi connectivity index (χ1v) is 9.91. The summed E-state index contributed by atoms with van der Waals surface area (Å²) in [5.74, 6) is 0.870. The maximum Gasteiger partial charge on any atom is 0.174 e. The van der Waals surface area contributed by atoms with Gasteiger partial charge in [-0.3, -0.25) is 0 Å². The molecule has 24 heavy (non-hydrogen) atoms. The number of benzene rings is 2. The topological polar surface area (TPSA) is 25.8 Å². The summed E-state index contributed by atoms with van der Waals surface area (Å²) in [6.45, 7) is 6.66. The van der Waals surface area contributed by atoms with Gasteiger partial charge in [-0.1, -0.05) is 91.9 Å². The fraction of sp³-hybridized carbons (Fsp3) is 0.263. The Labute approximate surface area is 156 Å². The van der Waals surface area contributed by atoms with Crippen LogP contribution in [0.4, 0.5) is 0 Å². The van der Waals surface area contributed by atoms with E-state index in [-0.39, 0.29) is 5.41 Å². The van der Waals surface area contributed by atoms with Crippen LogP contribution in [0.5, 0.6) is 0 Å². The molecule has 0 bridgehead atoms. The van der Waals surface area contributed by atoms with E-state index in [0.717, 1.165) is 25.7 Å². The Kier molecular flexibility index (Phi) is 5.28. The Morgan fingerprint density at radius 1 is 0.958 bits per heavy atom. The Balaban J connectivity index is 1.68. The summed E-state index contributed by atoms with van der Waals surface area (Å²) in [5.41, 5.74) is 3.85. The van der Waals surface area contributed by atoms with Gasteiger partial charge in [0.2, 0.25) is 0 Å². The van der Waals surface area contributed by atoms with Crippen molar-refractivity contribution >= 4 is 34.7 Å². The lowest BCUT2D eigenvalue weighted by Gasteiger charge is -2.18. The molecule has 3 rings (SSSR count). The van der Waals surface area contributed by atoms with Gasteiger partial charge in [-0.15, -0.1) is 10.2 Å². The van der Waals surface area contributed by atoms with Crippen LogP contribution in [0.1, 0.15) is 31.9 Å². The van der Waals surface area contributed by atoms with Crippen molar-refractivity contribution in [3.63, 3.8) is 0 Å². The van der Waals surface area contributed by atoms with Crippen molar-refractivity contribution in [2.75, 3.05) is 0 Å². The minimum absolute atomic E-state index is 0.166. The van der Waals surface area contributed by atoms with Crippen molar-refractivity contribution in [3.05, 3.63) is 64.7 Å². The molecule has 5 heteroatoms. The van der Waals surface area contributed by atoms with E-state index in [9.17, 15) is 0 Å². The highest BCUT2D eigenvalue weighted by molar-refractivity contribution is 8.00. The Morgan fingerprint density at radius 3 is 2.25 bits per heavy atom. The molecule has 0 atom stereocenters. The van der Waals surface area contributed by atoms with Gasteiger partial charge in [-0.2, -0.15) is 0 Å². The molecule has 0 aliphatic rings. The van der Waals surface area contributed by atoms with Crippen LogP contribution in [0.25, 0.3) is 10.6 Å². The standard InChI is InChI=1S/C19H19ClN2S2/c1-19(2,3)15-8-6-14(7-9-15)17-21-22-18(24-17)23-12-13-4-10-16(20)11-5-13/h4-11H,12H2,1-3H3. The largest absolute Gasteiger partial charge is 0.174 e. The predicted octanol–water partition coefficient (Wildman–Crippen LogP) is 6.45. The maximum atomic E-state index is 5.91. The van der Waals surface area contributed by atoms with Crippen LogP contribution in [0.3, 0.4) is 0 Å². The van der Waals surface area contributed by atoms with Gasteiger partial charge in [-0.25, -0.2) is 0 Å². The molecule has 124 valence electrons. The zero-order chi connectivity index (χ0) is 17.2. The molecule has 1 aromatic heterocycles. The molecular formula is C19H19ClN2S2. The smallest absolute Gasteiger partial charge is 0.137 e. The van der Waals surface area contributed by atoms with Gasteiger partial charge >= 0.3 is 0 Å². The van der Waals surface area contributed by atoms with Crippen molar-refractivity contribution in [1.82, 2.24) is 10.2 Å². The first-order valence-electron chi connectivity index (χ1n) is 7.73. The normalized spacial score (nSPS) is 11.7. The van der Waals surface area contributed by atoms with E-state index in [1.54, 1.807) is 23.1 Å². The second-order valence-corrected chi connectivity index (χ2v) is 9.25. The molecule has 0 saturated carbocycles. The number of aromatic nitrogens is 2. The zero-order valence-corrected chi connectivity index (χ0v) is 16.3. The first kappa shape index (κ1) is 17.5. The van der Waals surface area contributed by atoms with Gasteiger partial charge in [0.25, 0.3) is 0 Å². The summed E-state index contributed by atoms with van der Waals surface area (Å²) in [4.78, 5) is 0. The summed E-state index contributed by atoms with van der Waals surface area (Å²) in [6, 6.07) is 16.5. The number of hydrogen-bond acceptors (Lipinski definition) is 4. The van der Waals surface area contributed by atoms with Gasteiger partial charge < -0.3 is 0 Å². The van der Waals surface area contributed by atoms with E-state index >= 15 is 0 Å². The van der Waals surface area contributed by atoms with Crippen LogP contribution in [0, 0.1) is 0 Å². The van der Waals surface area contributed by atoms with Crippen molar-refractivity contribution in [3.8, 4) is 10.6 Å². The Bertz CT molecular complexity index is 803. The van der Waals surface area contributed by atoms with Crippen molar-refractivity contribution in [2.24, 2.45) is 0 Å². The molecule has 0 saturated heterocycles. The second kappa shape index (κ2) is 7.26.